The minimum absolute atomic E-state index is 0.874. The van der Waals surface area contributed by atoms with Crippen molar-refractivity contribution in [2.24, 2.45) is 0 Å². The molecule has 0 spiro atoms. The fourth-order valence-corrected chi connectivity index (χ4v) is 6.93. The highest BCUT2D eigenvalue weighted by molar-refractivity contribution is 6.14. The molecule has 9 aromatic rings. The summed E-state index contributed by atoms with van der Waals surface area (Å²) in [5, 5.41) is 6.03. The van der Waals surface area contributed by atoms with Gasteiger partial charge in [-0.3, -0.25) is 0 Å². The molecule has 0 aliphatic heterocycles. The molecule has 1 heterocycles. The van der Waals surface area contributed by atoms with Crippen LogP contribution in [0, 0.1) is 0 Å². The van der Waals surface area contributed by atoms with Crippen LogP contribution in [0.1, 0.15) is 0 Å². The first-order valence-electron chi connectivity index (χ1n) is 16.3. The zero-order valence-corrected chi connectivity index (χ0v) is 26.3. The number of fused-ring (bicyclic) bond motifs is 4. The Morgan fingerprint density at radius 3 is 1.62 bits per heavy atom. The van der Waals surface area contributed by atoms with Gasteiger partial charge in [0.2, 0.25) is 0 Å². The van der Waals surface area contributed by atoms with Gasteiger partial charge in [-0.05, 0) is 80.9 Å². The summed E-state index contributed by atoms with van der Waals surface area (Å²) >= 11 is 0. The number of hydrogen-bond donors (Lipinski definition) is 0. The monoisotopic (exact) mass is 613 g/mol. The maximum Gasteiger partial charge on any atom is 0.136 e. The summed E-state index contributed by atoms with van der Waals surface area (Å²) in [6, 6.07) is 66.9. The van der Waals surface area contributed by atoms with E-state index in [0.717, 1.165) is 50.5 Å². The van der Waals surface area contributed by atoms with Gasteiger partial charge in [0, 0.05) is 27.7 Å². The Morgan fingerprint density at radius 1 is 0.354 bits per heavy atom. The molecule has 1 aromatic heterocycles. The Balaban J connectivity index is 1.19. The van der Waals surface area contributed by atoms with Crippen molar-refractivity contribution in [2.75, 3.05) is 4.90 Å². The first-order chi connectivity index (χ1) is 23.8. The average molecular weight is 614 g/mol. The lowest BCUT2D eigenvalue weighted by atomic mass is 9.97. The van der Waals surface area contributed by atoms with Crippen molar-refractivity contribution in [3.8, 4) is 33.6 Å². The number of anilines is 3. The normalized spacial score (nSPS) is 11.3. The predicted octanol–water partition coefficient (Wildman–Crippen LogP) is 13.2. The van der Waals surface area contributed by atoms with E-state index in [1.807, 2.05) is 18.2 Å². The zero-order chi connectivity index (χ0) is 31.9. The van der Waals surface area contributed by atoms with Crippen LogP contribution in [0.15, 0.2) is 192 Å². The minimum atomic E-state index is 0.874. The van der Waals surface area contributed by atoms with Gasteiger partial charge in [-0.2, -0.15) is 0 Å². The number of benzene rings is 8. The average Bonchev–Trinajstić information content (AvgIpc) is 3.60. The predicted molar refractivity (Wildman–Crippen MR) is 202 cm³/mol. The van der Waals surface area contributed by atoms with Gasteiger partial charge in [-0.25, -0.2) is 0 Å². The molecule has 0 bridgehead atoms. The third kappa shape index (κ3) is 4.92. The Bertz CT molecular complexity index is 2510. The van der Waals surface area contributed by atoms with Crippen LogP contribution >= 0.6 is 0 Å². The SMILES string of the molecule is c1ccc(-c2ccc(N(c3ccc(-c4ccccc4-c4cc5ccccc5o4)cc3)c3cc4ccccc4c4ccccc34)cc2)cc1. The molecule has 0 aliphatic rings. The van der Waals surface area contributed by atoms with Crippen molar-refractivity contribution in [2.45, 2.75) is 0 Å². The fourth-order valence-electron chi connectivity index (χ4n) is 6.93. The van der Waals surface area contributed by atoms with Crippen LogP contribution in [0.25, 0.3) is 66.1 Å². The number of para-hydroxylation sites is 1. The Hall–Kier alpha value is -6.38. The zero-order valence-electron chi connectivity index (χ0n) is 26.3. The van der Waals surface area contributed by atoms with E-state index >= 15 is 0 Å². The van der Waals surface area contributed by atoms with E-state index in [1.54, 1.807) is 0 Å². The van der Waals surface area contributed by atoms with Gasteiger partial charge in [0.15, 0.2) is 0 Å². The van der Waals surface area contributed by atoms with Crippen LogP contribution in [-0.4, -0.2) is 0 Å². The van der Waals surface area contributed by atoms with Crippen LogP contribution in [0.5, 0.6) is 0 Å². The maximum atomic E-state index is 6.30. The summed E-state index contributed by atoms with van der Waals surface area (Å²) in [4.78, 5) is 2.39. The van der Waals surface area contributed by atoms with Gasteiger partial charge in [0.1, 0.15) is 11.3 Å². The number of nitrogens with zero attached hydrogens (tertiary/aromatic N) is 1. The second-order valence-electron chi connectivity index (χ2n) is 12.2. The lowest BCUT2D eigenvalue weighted by Crippen LogP contribution is -2.10. The summed E-state index contributed by atoms with van der Waals surface area (Å²) in [7, 11) is 0. The molecule has 0 radical (unpaired) electrons. The van der Waals surface area contributed by atoms with Gasteiger partial charge < -0.3 is 9.32 Å². The lowest BCUT2D eigenvalue weighted by molar-refractivity contribution is 0.632. The van der Waals surface area contributed by atoms with Crippen molar-refractivity contribution >= 4 is 49.6 Å². The highest BCUT2D eigenvalue weighted by atomic mass is 16.3. The Morgan fingerprint density at radius 2 is 0.896 bits per heavy atom. The van der Waals surface area contributed by atoms with Crippen LogP contribution < -0.4 is 4.90 Å². The number of hydrogen-bond acceptors (Lipinski definition) is 2. The van der Waals surface area contributed by atoms with Gasteiger partial charge in [0.05, 0.1) is 5.69 Å². The molecule has 2 nitrogen and oxygen atoms in total. The molecular weight excluding hydrogens is 583 g/mol. The lowest BCUT2D eigenvalue weighted by Gasteiger charge is -2.28. The van der Waals surface area contributed by atoms with E-state index < -0.39 is 0 Å². The molecule has 0 saturated carbocycles. The molecule has 0 unspecified atom stereocenters. The van der Waals surface area contributed by atoms with E-state index in [9.17, 15) is 0 Å². The van der Waals surface area contributed by atoms with E-state index in [4.69, 9.17) is 4.42 Å². The summed E-state index contributed by atoms with van der Waals surface area (Å²) in [5.41, 5.74) is 9.99. The molecule has 9 rings (SSSR count). The van der Waals surface area contributed by atoms with Crippen molar-refractivity contribution in [3.05, 3.63) is 188 Å². The molecule has 0 N–H and O–H groups in total. The topological polar surface area (TPSA) is 16.4 Å². The standard InChI is InChI=1S/C46H31NO/c1-2-12-32(13-3-1)33-22-26-37(27-23-33)47(44-30-35-14-4-6-17-40(35)41-18-8-9-19-42(41)44)38-28-24-34(25-29-38)39-16-7-10-20-43(39)46-31-36-15-5-11-21-45(36)48-46/h1-31H. The van der Waals surface area contributed by atoms with Gasteiger partial charge in [0.25, 0.3) is 0 Å². The second-order valence-corrected chi connectivity index (χ2v) is 12.2. The number of rotatable bonds is 6. The van der Waals surface area contributed by atoms with Gasteiger partial charge in [-0.15, -0.1) is 0 Å². The summed E-state index contributed by atoms with van der Waals surface area (Å²) in [6.45, 7) is 0. The Labute approximate surface area is 279 Å². The van der Waals surface area contributed by atoms with Crippen molar-refractivity contribution in [1.82, 2.24) is 0 Å². The molecule has 0 fully saturated rings. The Kier molecular flexibility index (Phi) is 6.84. The first kappa shape index (κ1) is 27.9. The molecule has 0 aliphatic carbocycles. The molecule has 0 atom stereocenters. The molecule has 0 saturated heterocycles. The van der Waals surface area contributed by atoms with Crippen LogP contribution in [0.4, 0.5) is 17.1 Å². The second kappa shape index (κ2) is 11.8. The van der Waals surface area contributed by atoms with Crippen LogP contribution in [-0.2, 0) is 0 Å². The molecule has 2 heteroatoms. The maximum absolute atomic E-state index is 6.30. The molecule has 48 heavy (non-hydrogen) atoms. The van der Waals surface area contributed by atoms with E-state index in [-0.39, 0.29) is 0 Å². The van der Waals surface area contributed by atoms with Gasteiger partial charge in [-0.1, -0.05) is 146 Å². The van der Waals surface area contributed by atoms with E-state index in [0.29, 0.717) is 0 Å². The molecule has 226 valence electrons. The third-order valence-electron chi connectivity index (χ3n) is 9.27. The van der Waals surface area contributed by atoms with Crippen molar-refractivity contribution in [1.29, 1.82) is 0 Å². The molecule has 8 aromatic carbocycles. The van der Waals surface area contributed by atoms with E-state index in [2.05, 4.69) is 175 Å². The molecule has 0 amide bonds. The third-order valence-corrected chi connectivity index (χ3v) is 9.27. The van der Waals surface area contributed by atoms with Crippen LogP contribution in [0.2, 0.25) is 0 Å². The van der Waals surface area contributed by atoms with Crippen molar-refractivity contribution < 1.29 is 4.42 Å². The summed E-state index contributed by atoms with van der Waals surface area (Å²) in [5.74, 6) is 0.874. The van der Waals surface area contributed by atoms with Crippen molar-refractivity contribution in [3.63, 3.8) is 0 Å². The quantitative estimate of drug-likeness (QED) is 0.174. The van der Waals surface area contributed by atoms with Crippen LogP contribution in [0.3, 0.4) is 0 Å². The number of furan rings is 1. The fraction of sp³-hybridized carbons (Fsp3) is 0. The molecular formula is C46H31NO. The van der Waals surface area contributed by atoms with E-state index in [1.165, 1.54) is 32.7 Å². The summed E-state index contributed by atoms with van der Waals surface area (Å²) < 4.78 is 6.30. The van der Waals surface area contributed by atoms with Gasteiger partial charge >= 0.3 is 0 Å². The minimum Gasteiger partial charge on any atom is -0.456 e. The smallest absolute Gasteiger partial charge is 0.136 e. The highest BCUT2D eigenvalue weighted by Crippen LogP contribution is 2.43. The first-order valence-corrected chi connectivity index (χ1v) is 16.3. The largest absolute Gasteiger partial charge is 0.456 e. The highest BCUT2D eigenvalue weighted by Gasteiger charge is 2.18. The summed E-state index contributed by atoms with van der Waals surface area (Å²) in [6.07, 6.45) is 0.